The van der Waals surface area contributed by atoms with Crippen LogP contribution < -0.4 is 11.1 Å². The normalized spacial score (nSPS) is 12.8. The fourth-order valence-electron chi connectivity index (χ4n) is 1.68. The zero-order valence-electron chi connectivity index (χ0n) is 11.1. The van der Waals surface area contributed by atoms with Crippen LogP contribution >= 0.6 is 0 Å². The van der Waals surface area contributed by atoms with Crippen molar-refractivity contribution in [1.29, 1.82) is 5.26 Å². The second-order valence-electron chi connectivity index (χ2n) is 5.57. The van der Waals surface area contributed by atoms with Gasteiger partial charge in [-0.3, -0.25) is 0 Å². The molecule has 0 aliphatic carbocycles. The Hall–Kier alpha value is -1.80. The van der Waals surface area contributed by atoms with E-state index in [2.05, 4.69) is 31.1 Å². The van der Waals surface area contributed by atoms with E-state index in [0.717, 1.165) is 0 Å². The highest BCUT2D eigenvalue weighted by atomic mass is 16.3. The summed E-state index contributed by atoms with van der Waals surface area (Å²) >= 11 is 0. The zero-order valence-corrected chi connectivity index (χ0v) is 11.1. The number of anilines is 2. The number of hydrogen-bond donors (Lipinski definition) is 3. The van der Waals surface area contributed by atoms with E-state index in [1.54, 1.807) is 6.07 Å². The largest absolute Gasteiger partial charge is 0.396 e. The van der Waals surface area contributed by atoms with Crippen molar-refractivity contribution >= 4 is 11.5 Å². The number of nitrogens with one attached hydrogen (secondary N) is 1. The summed E-state index contributed by atoms with van der Waals surface area (Å²) in [6.45, 7) is 6.61. The molecule has 0 saturated heterocycles. The average Bonchev–Trinajstić information content (AvgIpc) is 2.25. The summed E-state index contributed by atoms with van der Waals surface area (Å²) in [6.07, 6.45) is 1.69. The summed E-state index contributed by atoms with van der Waals surface area (Å²) in [7, 11) is 0. The lowest BCUT2D eigenvalue weighted by Gasteiger charge is -2.22. The number of aromatic nitrogens is 1. The highest BCUT2D eigenvalue weighted by Crippen LogP contribution is 2.21. The third-order valence-electron chi connectivity index (χ3n) is 2.40. The molecular weight excluding hydrogens is 228 g/mol. The maximum Gasteiger partial charge on any atom is 0.149 e. The number of nitrogen functional groups attached to an aromatic ring is 1. The third-order valence-corrected chi connectivity index (χ3v) is 2.40. The Labute approximate surface area is 108 Å². The molecule has 1 aromatic rings. The van der Waals surface area contributed by atoms with Gasteiger partial charge in [-0.1, -0.05) is 20.8 Å². The van der Waals surface area contributed by atoms with Crippen LogP contribution in [-0.4, -0.2) is 22.7 Å². The highest BCUT2D eigenvalue weighted by molar-refractivity contribution is 5.63. The van der Waals surface area contributed by atoms with Gasteiger partial charge >= 0.3 is 0 Å². The molecule has 0 fully saturated rings. The molecule has 0 amide bonds. The van der Waals surface area contributed by atoms with Gasteiger partial charge in [-0.25, -0.2) is 4.98 Å². The topological polar surface area (TPSA) is 95.0 Å². The maximum atomic E-state index is 9.85. The molecule has 5 heteroatoms. The number of aliphatic hydroxyl groups excluding tert-OH is 1. The summed E-state index contributed by atoms with van der Waals surface area (Å²) in [5.41, 5.74) is 6.67. The van der Waals surface area contributed by atoms with Gasteiger partial charge in [0.2, 0.25) is 0 Å². The molecule has 18 heavy (non-hydrogen) atoms. The van der Waals surface area contributed by atoms with Crippen molar-refractivity contribution in [3.8, 4) is 6.07 Å². The lowest BCUT2D eigenvalue weighted by Crippen LogP contribution is -2.25. The first kappa shape index (κ1) is 14.3. The molecular formula is C13H20N4O. The van der Waals surface area contributed by atoms with Crippen molar-refractivity contribution in [2.75, 3.05) is 17.6 Å². The van der Waals surface area contributed by atoms with Crippen molar-refractivity contribution in [2.45, 2.75) is 33.3 Å². The first-order valence-electron chi connectivity index (χ1n) is 5.89. The molecule has 0 saturated carbocycles. The van der Waals surface area contributed by atoms with Crippen molar-refractivity contribution < 1.29 is 5.11 Å². The number of aliphatic hydroxyl groups is 1. The third kappa shape index (κ3) is 4.60. The van der Waals surface area contributed by atoms with Gasteiger partial charge in [0, 0.05) is 12.7 Å². The van der Waals surface area contributed by atoms with E-state index in [1.165, 1.54) is 6.20 Å². The highest BCUT2D eigenvalue weighted by Gasteiger charge is 2.16. The molecule has 0 bridgehead atoms. The Morgan fingerprint density at radius 2 is 2.22 bits per heavy atom. The number of hydrogen-bond acceptors (Lipinski definition) is 5. The number of nitrogens with zero attached hydrogens (tertiary/aromatic N) is 2. The first-order valence-corrected chi connectivity index (χ1v) is 5.89. The van der Waals surface area contributed by atoms with E-state index in [4.69, 9.17) is 11.0 Å². The fourth-order valence-corrected chi connectivity index (χ4v) is 1.68. The molecule has 0 aromatic carbocycles. The molecule has 1 unspecified atom stereocenters. The number of pyridine rings is 1. The summed E-state index contributed by atoms with van der Waals surface area (Å²) in [5.74, 6) is 0.502. The summed E-state index contributed by atoms with van der Waals surface area (Å²) in [5, 5.41) is 21.5. The van der Waals surface area contributed by atoms with Crippen LogP contribution in [0, 0.1) is 16.7 Å². The number of nitriles is 1. The molecule has 98 valence electrons. The Balaban J connectivity index is 2.57. The Morgan fingerprint density at radius 1 is 1.56 bits per heavy atom. The second-order valence-corrected chi connectivity index (χ2v) is 5.57. The van der Waals surface area contributed by atoms with Gasteiger partial charge in [0.05, 0.1) is 17.4 Å². The molecule has 0 aliphatic rings. The van der Waals surface area contributed by atoms with E-state index < -0.39 is 6.10 Å². The van der Waals surface area contributed by atoms with E-state index in [9.17, 15) is 5.11 Å². The standard InChI is InChI=1S/C13H20N4O/c1-13(2,3)5-10(18)8-17-12-11(15)4-9(6-14)7-16-12/h4,7,10,18H,5,8,15H2,1-3H3,(H,16,17). The Bertz CT molecular complexity index is 445. The minimum Gasteiger partial charge on any atom is -0.396 e. The van der Waals surface area contributed by atoms with E-state index in [-0.39, 0.29) is 5.41 Å². The van der Waals surface area contributed by atoms with Gasteiger partial charge < -0.3 is 16.2 Å². The van der Waals surface area contributed by atoms with Crippen LogP contribution in [-0.2, 0) is 0 Å². The van der Waals surface area contributed by atoms with E-state index >= 15 is 0 Å². The Morgan fingerprint density at radius 3 is 2.72 bits per heavy atom. The van der Waals surface area contributed by atoms with Crippen LogP contribution in [0.2, 0.25) is 0 Å². The van der Waals surface area contributed by atoms with Gasteiger partial charge in [-0.2, -0.15) is 5.26 Å². The molecule has 5 nitrogen and oxygen atoms in total. The number of rotatable bonds is 4. The minimum absolute atomic E-state index is 0.0741. The predicted molar refractivity (Wildman–Crippen MR) is 71.9 cm³/mol. The number of nitrogens with two attached hydrogens (primary N) is 1. The van der Waals surface area contributed by atoms with Gasteiger partial charge in [-0.05, 0) is 17.9 Å². The van der Waals surface area contributed by atoms with Crippen LogP contribution in [0.15, 0.2) is 12.3 Å². The summed E-state index contributed by atoms with van der Waals surface area (Å²) in [4.78, 5) is 4.05. The van der Waals surface area contributed by atoms with Crippen LogP contribution in [0.3, 0.4) is 0 Å². The SMILES string of the molecule is CC(C)(C)CC(O)CNc1ncc(C#N)cc1N. The lowest BCUT2D eigenvalue weighted by atomic mass is 9.89. The minimum atomic E-state index is -0.457. The van der Waals surface area contributed by atoms with E-state index in [0.29, 0.717) is 30.0 Å². The smallest absolute Gasteiger partial charge is 0.149 e. The van der Waals surface area contributed by atoms with Crippen LogP contribution in [0.25, 0.3) is 0 Å². The fraction of sp³-hybridized carbons (Fsp3) is 0.538. The average molecular weight is 248 g/mol. The van der Waals surface area contributed by atoms with Gasteiger partial charge in [-0.15, -0.1) is 0 Å². The molecule has 1 aromatic heterocycles. The predicted octanol–water partition coefficient (Wildman–Crippen LogP) is 1.74. The molecule has 1 atom stereocenters. The molecule has 4 N–H and O–H groups in total. The van der Waals surface area contributed by atoms with Gasteiger partial charge in [0.15, 0.2) is 0 Å². The first-order chi connectivity index (χ1) is 8.31. The molecule has 0 radical (unpaired) electrons. The van der Waals surface area contributed by atoms with Crippen molar-refractivity contribution in [1.82, 2.24) is 4.98 Å². The van der Waals surface area contributed by atoms with Crippen LogP contribution in [0.4, 0.5) is 11.5 Å². The Kier molecular flexibility index (Phi) is 4.51. The van der Waals surface area contributed by atoms with Crippen LogP contribution in [0.1, 0.15) is 32.8 Å². The lowest BCUT2D eigenvalue weighted by molar-refractivity contribution is 0.132. The monoisotopic (exact) mass is 248 g/mol. The second kappa shape index (κ2) is 5.69. The maximum absolute atomic E-state index is 9.85. The van der Waals surface area contributed by atoms with Crippen LogP contribution in [0.5, 0.6) is 0 Å². The molecule has 0 spiro atoms. The summed E-state index contributed by atoms with van der Waals surface area (Å²) < 4.78 is 0. The quantitative estimate of drug-likeness (QED) is 0.754. The molecule has 1 heterocycles. The molecule has 0 aliphatic heterocycles. The van der Waals surface area contributed by atoms with Crippen molar-refractivity contribution in [2.24, 2.45) is 5.41 Å². The molecule has 1 rings (SSSR count). The summed E-state index contributed by atoms with van der Waals surface area (Å²) in [6, 6.07) is 3.53. The van der Waals surface area contributed by atoms with E-state index in [1.807, 2.05) is 6.07 Å². The van der Waals surface area contributed by atoms with Gasteiger partial charge in [0.1, 0.15) is 11.9 Å². The van der Waals surface area contributed by atoms with Gasteiger partial charge in [0.25, 0.3) is 0 Å². The van der Waals surface area contributed by atoms with Crippen molar-refractivity contribution in [3.63, 3.8) is 0 Å². The van der Waals surface area contributed by atoms with Crippen molar-refractivity contribution in [3.05, 3.63) is 17.8 Å². The zero-order chi connectivity index (χ0) is 13.8.